The predicted octanol–water partition coefficient (Wildman–Crippen LogP) is 5.77. The summed E-state index contributed by atoms with van der Waals surface area (Å²) in [5.74, 6) is -0.653. The highest BCUT2D eigenvalue weighted by molar-refractivity contribution is 6.32. The number of carbonyl (C=O) groups excluding carboxylic acids is 2. The van der Waals surface area contributed by atoms with Gasteiger partial charge in [0.25, 0.3) is 0 Å². The van der Waals surface area contributed by atoms with E-state index in [1.165, 1.54) is 17.1 Å². The van der Waals surface area contributed by atoms with Crippen LogP contribution in [0.25, 0.3) is 23.0 Å². The van der Waals surface area contributed by atoms with Gasteiger partial charge in [-0.1, -0.05) is 41.4 Å². The van der Waals surface area contributed by atoms with Crippen LogP contribution >= 0.6 is 23.2 Å². The van der Waals surface area contributed by atoms with E-state index < -0.39 is 11.9 Å². The van der Waals surface area contributed by atoms with E-state index in [4.69, 9.17) is 28.2 Å². The third-order valence-electron chi connectivity index (χ3n) is 7.05. The van der Waals surface area contributed by atoms with Crippen molar-refractivity contribution in [2.24, 2.45) is 4.99 Å². The lowest BCUT2D eigenvalue weighted by molar-refractivity contribution is -0.117. The lowest BCUT2D eigenvalue weighted by atomic mass is 10.00. The molecule has 0 saturated carbocycles. The Bertz CT molecular complexity index is 1800. The summed E-state index contributed by atoms with van der Waals surface area (Å²) in [6, 6.07) is 11.6. The van der Waals surface area contributed by atoms with Crippen molar-refractivity contribution in [1.29, 1.82) is 0 Å². The summed E-state index contributed by atoms with van der Waals surface area (Å²) in [6.45, 7) is 0. The quantitative estimate of drug-likeness (QED) is 0.248. The molecule has 14 heteroatoms. The van der Waals surface area contributed by atoms with Crippen molar-refractivity contribution in [2.75, 3.05) is 5.32 Å². The molecule has 43 heavy (non-hydrogen) atoms. The third kappa shape index (κ3) is 6.40. The topological polar surface area (TPSA) is 143 Å². The van der Waals surface area contributed by atoms with E-state index in [0.29, 0.717) is 51.2 Å². The maximum Gasteiger partial charge on any atom is 0.244 e. The summed E-state index contributed by atoms with van der Waals surface area (Å²) in [5, 5.41) is 17.8. The number of tetrazole rings is 1. The molecule has 1 unspecified atom stereocenters. The molecule has 1 atom stereocenters. The smallest absolute Gasteiger partial charge is 0.244 e. The highest BCUT2D eigenvalue weighted by atomic mass is 35.5. The molecule has 4 heterocycles. The van der Waals surface area contributed by atoms with Crippen LogP contribution < -0.4 is 10.6 Å². The van der Waals surface area contributed by atoms with E-state index in [2.05, 4.69) is 36.1 Å². The second-order valence-corrected chi connectivity index (χ2v) is 10.8. The Morgan fingerprint density at radius 2 is 1.98 bits per heavy atom. The maximum absolute atomic E-state index is 14.7. The number of halogens is 3. The minimum Gasteiger partial charge on any atom is -0.342 e. The molecule has 11 nitrogen and oxygen atoms in total. The number of carbonyl (C=O) groups is 2. The zero-order valence-corrected chi connectivity index (χ0v) is 24.0. The molecule has 4 bridgehead atoms. The van der Waals surface area contributed by atoms with Crippen molar-refractivity contribution in [1.82, 2.24) is 35.5 Å². The minimum absolute atomic E-state index is 0.0501. The Labute approximate surface area is 254 Å². The first kappa shape index (κ1) is 28.4. The van der Waals surface area contributed by atoms with Gasteiger partial charge in [-0.15, -0.1) is 5.10 Å². The largest absolute Gasteiger partial charge is 0.342 e. The van der Waals surface area contributed by atoms with E-state index in [1.54, 1.807) is 42.5 Å². The normalized spacial score (nSPS) is 17.2. The van der Waals surface area contributed by atoms with Crippen LogP contribution in [0.2, 0.25) is 10.2 Å². The minimum atomic E-state index is -0.674. The Kier molecular flexibility index (Phi) is 8.12. The monoisotopic (exact) mass is 619 g/mol. The number of rotatable bonds is 4. The van der Waals surface area contributed by atoms with Gasteiger partial charge in [0.2, 0.25) is 11.8 Å². The second-order valence-electron chi connectivity index (χ2n) is 9.96. The molecular formula is C29H24Cl2FN9O2. The first-order valence-corrected chi connectivity index (χ1v) is 14.2. The number of hydrogen-bond acceptors (Lipinski definition) is 7. The molecule has 0 saturated heterocycles. The highest BCUT2D eigenvalue weighted by Gasteiger charge is 2.26. The number of para-hydroxylation sites is 1. The Balaban J connectivity index is 1.35. The summed E-state index contributed by atoms with van der Waals surface area (Å²) in [7, 11) is 0. The van der Waals surface area contributed by atoms with Crippen LogP contribution in [-0.2, 0) is 9.59 Å². The molecule has 2 aliphatic rings. The van der Waals surface area contributed by atoms with E-state index in [9.17, 15) is 14.0 Å². The van der Waals surface area contributed by atoms with Crippen LogP contribution in [0.5, 0.6) is 0 Å². The third-order valence-corrected chi connectivity index (χ3v) is 7.56. The van der Waals surface area contributed by atoms with Crippen LogP contribution in [0, 0.1) is 0 Å². The average Bonchev–Trinajstić information content (AvgIpc) is 3.66. The Morgan fingerprint density at radius 1 is 1.12 bits per heavy atom. The van der Waals surface area contributed by atoms with Crippen LogP contribution in [0.4, 0.5) is 10.1 Å². The molecule has 2 amide bonds. The fraction of sp³-hybridized carbons (Fsp3) is 0.207. The van der Waals surface area contributed by atoms with Crippen molar-refractivity contribution >= 4 is 52.5 Å². The lowest BCUT2D eigenvalue weighted by Crippen LogP contribution is -2.30. The number of hydrogen-bond donors (Lipinski definition) is 3. The zero-order chi connectivity index (χ0) is 29.9. The number of fused-ring (bicyclic) bond motifs is 5. The van der Waals surface area contributed by atoms with Crippen LogP contribution in [0.3, 0.4) is 0 Å². The summed E-state index contributed by atoms with van der Waals surface area (Å²) in [6.07, 6.45) is 5.39. The molecule has 3 N–H and O–H groups in total. The van der Waals surface area contributed by atoms with Gasteiger partial charge in [0, 0.05) is 53.6 Å². The standard InChI is InChI=1S/C29H24Cl2FN9O2/c30-17-6-10-24(41-15-33-39-40-41)16(13-17)5-11-25(42)36-23-14-18-7-8-20(32)22(34-18)9-12-26(43)35-21-4-2-1-3-19(21)27-28(31)38-29(23)37-27/h1-6,10-11,13,15,23H,7-9,12,14H2,(H,35,43)(H,36,42)(H,37,38)/b11-5+. The number of allylic oxidation sites excluding steroid dienone is 2. The summed E-state index contributed by atoms with van der Waals surface area (Å²) >= 11 is 12.8. The zero-order valence-electron chi connectivity index (χ0n) is 22.5. The number of H-pyrrole nitrogens is 1. The van der Waals surface area contributed by atoms with Crippen LogP contribution in [0.15, 0.2) is 71.4 Å². The summed E-state index contributed by atoms with van der Waals surface area (Å²) < 4.78 is 16.2. The second kappa shape index (κ2) is 12.3. The molecule has 0 fully saturated rings. The number of aliphatic imine (C=N–C) groups is 1. The number of imidazole rings is 1. The molecule has 2 aromatic heterocycles. The number of nitrogens with zero attached hydrogens (tertiary/aromatic N) is 6. The fourth-order valence-corrected chi connectivity index (χ4v) is 5.40. The van der Waals surface area contributed by atoms with Gasteiger partial charge in [-0.05, 0) is 47.2 Å². The molecule has 0 spiro atoms. The number of anilines is 1. The SMILES string of the molecule is O=C(/C=C/c1cc(Cl)ccc1-n1cnnn1)NC1CC2=NC(=C(F)CC2)CCC(=O)Nc2ccccc2-c2nc1[nH]c2Cl. The van der Waals surface area contributed by atoms with Gasteiger partial charge in [0.15, 0.2) is 0 Å². The van der Waals surface area contributed by atoms with E-state index in [-0.39, 0.29) is 48.3 Å². The first-order chi connectivity index (χ1) is 20.8. The van der Waals surface area contributed by atoms with Crippen LogP contribution in [-0.4, -0.2) is 47.7 Å². The first-order valence-electron chi connectivity index (χ1n) is 13.4. The van der Waals surface area contributed by atoms with Crippen LogP contribution in [0.1, 0.15) is 49.5 Å². The molecule has 218 valence electrons. The fourth-order valence-electron chi connectivity index (χ4n) is 4.98. The maximum atomic E-state index is 14.7. The molecule has 6 rings (SSSR count). The van der Waals surface area contributed by atoms with Crippen molar-refractivity contribution in [2.45, 2.75) is 38.1 Å². The van der Waals surface area contributed by atoms with Gasteiger partial charge in [0.05, 0.1) is 23.1 Å². The number of aromatic amines is 1. The van der Waals surface area contributed by atoms with Gasteiger partial charge in [0.1, 0.15) is 28.8 Å². The van der Waals surface area contributed by atoms with E-state index in [0.717, 1.165) is 0 Å². The Morgan fingerprint density at radius 3 is 2.81 bits per heavy atom. The van der Waals surface area contributed by atoms with Crippen molar-refractivity contribution in [3.8, 4) is 16.9 Å². The molecule has 0 radical (unpaired) electrons. The molecule has 2 aromatic carbocycles. The van der Waals surface area contributed by atoms with E-state index >= 15 is 0 Å². The highest BCUT2D eigenvalue weighted by Crippen LogP contribution is 2.35. The summed E-state index contributed by atoms with van der Waals surface area (Å²) in [5.41, 5.74) is 3.68. The van der Waals surface area contributed by atoms with Crippen molar-refractivity contribution in [3.05, 3.63) is 88.0 Å². The molecular weight excluding hydrogens is 596 g/mol. The van der Waals surface area contributed by atoms with Gasteiger partial charge < -0.3 is 15.6 Å². The number of nitrogens with one attached hydrogen (secondary N) is 3. The summed E-state index contributed by atoms with van der Waals surface area (Å²) in [4.78, 5) is 38.4. The number of benzene rings is 2. The van der Waals surface area contributed by atoms with Gasteiger partial charge in [-0.25, -0.2) is 9.37 Å². The van der Waals surface area contributed by atoms with Crippen molar-refractivity contribution < 1.29 is 14.0 Å². The molecule has 2 aliphatic heterocycles. The molecule has 4 aromatic rings. The van der Waals surface area contributed by atoms with Gasteiger partial charge in [-0.3, -0.25) is 14.6 Å². The number of amides is 2. The van der Waals surface area contributed by atoms with Crippen molar-refractivity contribution in [3.63, 3.8) is 0 Å². The lowest BCUT2D eigenvalue weighted by Gasteiger charge is -2.20. The predicted molar refractivity (Wildman–Crippen MR) is 160 cm³/mol. The number of aromatic nitrogens is 6. The average molecular weight is 620 g/mol. The Hall–Kier alpha value is -4.68. The van der Waals surface area contributed by atoms with Gasteiger partial charge in [-0.2, -0.15) is 4.68 Å². The van der Waals surface area contributed by atoms with E-state index in [1.807, 2.05) is 6.07 Å². The van der Waals surface area contributed by atoms with Gasteiger partial charge >= 0.3 is 0 Å². The molecule has 0 aliphatic carbocycles.